The van der Waals surface area contributed by atoms with Gasteiger partial charge in [-0.05, 0) is 31.4 Å². The molecule has 0 aliphatic carbocycles. The molecule has 1 aromatic rings. The number of nitrogens with one attached hydrogen (secondary N) is 1. The van der Waals surface area contributed by atoms with Gasteiger partial charge in [0.25, 0.3) is 5.69 Å². The van der Waals surface area contributed by atoms with E-state index in [1.54, 1.807) is 11.0 Å². The minimum Gasteiger partial charge on any atom is -0.316 e. The molecule has 1 aromatic carbocycles. The summed E-state index contributed by atoms with van der Waals surface area (Å²) in [6.45, 7) is 2.30. The average Bonchev–Trinajstić information content (AvgIpc) is 2.90. The Balaban J connectivity index is 1.85. The monoisotopic (exact) mass is 275 g/mol. The first-order valence-corrected chi connectivity index (χ1v) is 6.96. The lowest BCUT2D eigenvalue weighted by atomic mass is 9.98. The molecule has 2 aliphatic heterocycles. The van der Waals surface area contributed by atoms with Gasteiger partial charge in [-0.25, -0.2) is 0 Å². The van der Waals surface area contributed by atoms with Crippen LogP contribution in [0.5, 0.6) is 0 Å². The molecule has 1 N–H and O–H groups in total. The predicted molar refractivity (Wildman–Crippen MR) is 74.7 cm³/mol. The largest absolute Gasteiger partial charge is 0.316 e. The van der Waals surface area contributed by atoms with Crippen LogP contribution in [0.15, 0.2) is 18.2 Å². The molecule has 1 amide bonds. The first kappa shape index (κ1) is 13.1. The van der Waals surface area contributed by atoms with Crippen LogP contribution in [0.3, 0.4) is 0 Å². The van der Waals surface area contributed by atoms with Crippen LogP contribution in [0, 0.1) is 16.0 Å². The quantitative estimate of drug-likeness (QED) is 0.655. The Labute approximate surface area is 116 Å². The molecule has 2 heterocycles. The third-order valence-electron chi connectivity index (χ3n) is 4.09. The summed E-state index contributed by atoms with van der Waals surface area (Å²) in [5.41, 5.74) is 1.78. The number of fused-ring (bicyclic) bond motifs is 1. The number of rotatable bonds is 2. The van der Waals surface area contributed by atoms with Crippen molar-refractivity contribution in [3.8, 4) is 0 Å². The van der Waals surface area contributed by atoms with Crippen LogP contribution < -0.4 is 10.2 Å². The lowest BCUT2D eigenvalue weighted by Crippen LogP contribution is -2.42. The SMILES string of the molecule is O=C(C1CCCNC1)N1CCc2ccc([N+](=O)[O-])cc21. The normalized spacial score (nSPS) is 21.6. The van der Waals surface area contributed by atoms with Crippen molar-refractivity contribution in [2.75, 3.05) is 24.5 Å². The summed E-state index contributed by atoms with van der Waals surface area (Å²) < 4.78 is 0. The summed E-state index contributed by atoms with van der Waals surface area (Å²) >= 11 is 0. The number of nitro groups is 1. The van der Waals surface area contributed by atoms with E-state index in [0.29, 0.717) is 13.1 Å². The zero-order valence-corrected chi connectivity index (χ0v) is 11.2. The number of hydrogen-bond donors (Lipinski definition) is 1. The first-order chi connectivity index (χ1) is 9.66. The van der Waals surface area contributed by atoms with Crippen LogP contribution in [0.25, 0.3) is 0 Å². The number of amides is 1. The smallest absolute Gasteiger partial charge is 0.271 e. The van der Waals surface area contributed by atoms with E-state index in [2.05, 4.69) is 5.32 Å². The lowest BCUT2D eigenvalue weighted by molar-refractivity contribution is -0.384. The topological polar surface area (TPSA) is 75.5 Å². The minimum atomic E-state index is -0.413. The third-order valence-corrected chi connectivity index (χ3v) is 4.09. The van der Waals surface area contributed by atoms with Gasteiger partial charge in [-0.1, -0.05) is 6.07 Å². The van der Waals surface area contributed by atoms with Crippen LogP contribution in [0.1, 0.15) is 18.4 Å². The van der Waals surface area contributed by atoms with Crippen molar-refractivity contribution in [3.63, 3.8) is 0 Å². The number of benzene rings is 1. The minimum absolute atomic E-state index is 0.00559. The van der Waals surface area contributed by atoms with Gasteiger partial charge in [0.2, 0.25) is 5.91 Å². The molecule has 0 aromatic heterocycles. The van der Waals surface area contributed by atoms with Crippen molar-refractivity contribution in [1.29, 1.82) is 0 Å². The van der Waals surface area contributed by atoms with Crippen molar-refractivity contribution < 1.29 is 9.72 Å². The molecule has 6 heteroatoms. The van der Waals surface area contributed by atoms with Crippen LogP contribution >= 0.6 is 0 Å². The fourth-order valence-electron chi connectivity index (χ4n) is 2.99. The van der Waals surface area contributed by atoms with Gasteiger partial charge in [0, 0.05) is 25.2 Å². The van der Waals surface area contributed by atoms with Crippen molar-refractivity contribution in [2.45, 2.75) is 19.3 Å². The van der Waals surface area contributed by atoms with Gasteiger partial charge in [-0.3, -0.25) is 14.9 Å². The molecular formula is C14H17N3O3. The molecule has 0 bridgehead atoms. The van der Waals surface area contributed by atoms with Gasteiger partial charge in [0.05, 0.1) is 16.5 Å². The van der Waals surface area contributed by atoms with E-state index in [1.165, 1.54) is 12.1 Å². The standard InChI is InChI=1S/C14H17N3O3/c18-14(11-2-1-6-15-9-11)16-7-5-10-3-4-12(17(19)20)8-13(10)16/h3-4,8,11,15H,1-2,5-7,9H2. The van der Waals surface area contributed by atoms with Crippen LogP contribution in [0.2, 0.25) is 0 Å². The van der Waals surface area contributed by atoms with Crippen LogP contribution in [-0.4, -0.2) is 30.5 Å². The summed E-state index contributed by atoms with van der Waals surface area (Å²) in [4.78, 5) is 24.7. The second kappa shape index (κ2) is 5.20. The summed E-state index contributed by atoms with van der Waals surface area (Å²) in [6.07, 6.45) is 2.68. The lowest BCUT2D eigenvalue weighted by Gasteiger charge is -2.27. The van der Waals surface area contributed by atoms with Crippen molar-refractivity contribution >= 4 is 17.3 Å². The Bertz CT molecular complexity index is 553. The second-order valence-electron chi connectivity index (χ2n) is 5.35. The summed E-state index contributed by atoms with van der Waals surface area (Å²) in [5.74, 6) is 0.0883. The van der Waals surface area contributed by atoms with E-state index < -0.39 is 4.92 Å². The average molecular weight is 275 g/mol. The maximum Gasteiger partial charge on any atom is 0.271 e. The van der Waals surface area contributed by atoms with E-state index in [0.717, 1.165) is 37.1 Å². The van der Waals surface area contributed by atoms with Crippen LogP contribution in [0.4, 0.5) is 11.4 Å². The zero-order chi connectivity index (χ0) is 14.1. The summed E-state index contributed by atoms with van der Waals surface area (Å²) in [6, 6.07) is 4.80. The Morgan fingerprint density at radius 1 is 1.45 bits per heavy atom. The van der Waals surface area contributed by atoms with E-state index in [9.17, 15) is 14.9 Å². The Hall–Kier alpha value is -1.95. The third kappa shape index (κ3) is 2.27. The van der Waals surface area contributed by atoms with Gasteiger partial charge in [0.1, 0.15) is 0 Å². The van der Waals surface area contributed by atoms with Gasteiger partial charge < -0.3 is 10.2 Å². The van der Waals surface area contributed by atoms with Gasteiger partial charge in [-0.15, -0.1) is 0 Å². The maximum atomic E-state index is 12.6. The molecule has 20 heavy (non-hydrogen) atoms. The van der Waals surface area contributed by atoms with Gasteiger partial charge in [0.15, 0.2) is 0 Å². The number of hydrogen-bond acceptors (Lipinski definition) is 4. The molecular weight excluding hydrogens is 258 g/mol. The Morgan fingerprint density at radius 2 is 2.30 bits per heavy atom. The van der Waals surface area contributed by atoms with E-state index >= 15 is 0 Å². The maximum absolute atomic E-state index is 12.6. The highest BCUT2D eigenvalue weighted by molar-refractivity contribution is 5.97. The number of anilines is 1. The number of carbonyl (C=O) groups excluding carboxylic acids is 1. The molecule has 3 rings (SSSR count). The van der Waals surface area contributed by atoms with Crippen molar-refractivity contribution in [1.82, 2.24) is 5.32 Å². The number of carbonyl (C=O) groups is 1. The summed E-state index contributed by atoms with van der Waals surface area (Å²) in [7, 11) is 0. The molecule has 2 aliphatic rings. The molecule has 1 fully saturated rings. The highest BCUT2D eigenvalue weighted by Gasteiger charge is 2.31. The number of nitro benzene ring substituents is 1. The van der Waals surface area contributed by atoms with Gasteiger partial charge >= 0.3 is 0 Å². The fourth-order valence-corrected chi connectivity index (χ4v) is 2.99. The first-order valence-electron chi connectivity index (χ1n) is 6.96. The van der Waals surface area contributed by atoms with Crippen LogP contribution in [-0.2, 0) is 11.2 Å². The molecule has 6 nitrogen and oxygen atoms in total. The number of nitrogens with zero attached hydrogens (tertiary/aromatic N) is 2. The molecule has 1 atom stereocenters. The second-order valence-corrected chi connectivity index (χ2v) is 5.35. The molecule has 106 valence electrons. The van der Waals surface area contributed by atoms with Crippen molar-refractivity contribution in [2.24, 2.45) is 5.92 Å². The highest BCUT2D eigenvalue weighted by Crippen LogP contribution is 2.33. The highest BCUT2D eigenvalue weighted by atomic mass is 16.6. The zero-order valence-electron chi connectivity index (χ0n) is 11.2. The molecule has 1 unspecified atom stereocenters. The summed E-state index contributed by atoms with van der Waals surface area (Å²) in [5, 5.41) is 14.1. The van der Waals surface area contributed by atoms with E-state index in [4.69, 9.17) is 0 Å². The van der Waals surface area contributed by atoms with E-state index in [-0.39, 0.29) is 17.5 Å². The molecule has 0 spiro atoms. The Morgan fingerprint density at radius 3 is 3.00 bits per heavy atom. The van der Waals surface area contributed by atoms with Crippen molar-refractivity contribution in [3.05, 3.63) is 33.9 Å². The molecule has 1 saturated heterocycles. The number of piperidine rings is 1. The molecule has 0 radical (unpaired) electrons. The van der Waals surface area contributed by atoms with E-state index in [1.807, 2.05) is 0 Å². The predicted octanol–water partition coefficient (Wildman–Crippen LogP) is 1.48. The van der Waals surface area contributed by atoms with Gasteiger partial charge in [-0.2, -0.15) is 0 Å². The number of non-ortho nitro benzene ring substituents is 1. The Kier molecular flexibility index (Phi) is 3.40. The fraction of sp³-hybridized carbons (Fsp3) is 0.500. The molecule has 0 saturated carbocycles.